The Balaban J connectivity index is 1.84. The monoisotopic (exact) mass is 332 g/mol. The molecule has 1 unspecified atom stereocenters. The maximum Gasteiger partial charge on any atom is 0.331 e. The van der Waals surface area contributed by atoms with Gasteiger partial charge in [-0.3, -0.25) is 9.78 Å². The number of amides is 1. The van der Waals surface area contributed by atoms with Gasteiger partial charge in [0.15, 0.2) is 5.54 Å². The Morgan fingerprint density at radius 1 is 1.39 bits per heavy atom. The molecule has 0 aromatic carbocycles. The number of hydrogen-bond donors (Lipinski definition) is 2. The van der Waals surface area contributed by atoms with E-state index in [0.29, 0.717) is 17.9 Å². The van der Waals surface area contributed by atoms with Crippen molar-refractivity contribution in [2.24, 2.45) is 0 Å². The van der Waals surface area contributed by atoms with E-state index < -0.39 is 17.4 Å². The number of nitrogens with zero attached hydrogens (tertiary/aromatic N) is 1. The van der Waals surface area contributed by atoms with Gasteiger partial charge in [-0.2, -0.15) is 11.3 Å². The van der Waals surface area contributed by atoms with Crippen LogP contribution in [0.1, 0.15) is 22.5 Å². The van der Waals surface area contributed by atoms with Crippen molar-refractivity contribution >= 4 is 23.2 Å². The summed E-state index contributed by atoms with van der Waals surface area (Å²) in [4.78, 5) is 28.4. The van der Waals surface area contributed by atoms with Crippen molar-refractivity contribution in [3.63, 3.8) is 0 Å². The Kier molecular flexibility index (Phi) is 4.14. The summed E-state index contributed by atoms with van der Waals surface area (Å²) in [5, 5.41) is 15.9. The zero-order valence-corrected chi connectivity index (χ0v) is 13.4. The molecule has 0 aliphatic carbocycles. The van der Waals surface area contributed by atoms with Crippen LogP contribution in [0.2, 0.25) is 0 Å². The third kappa shape index (κ3) is 2.97. The van der Waals surface area contributed by atoms with Gasteiger partial charge >= 0.3 is 5.97 Å². The van der Waals surface area contributed by atoms with E-state index in [-0.39, 0.29) is 13.0 Å². The maximum atomic E-state index is 12.5. The first-order chi connectivity index (χ1) is 11.0. The summed E-state index contributed by atoms with van der Waals surface area (Å²) in [7, 11) is 0. The van der Waals surface area contributed by atoms with E-state index in [1.165, 1.54) is 0 Å². The van der Waals surface area contributed by atoms with E-state index in [4.69, 9.17) is 4.74 Å². The van der Waals surface area contributed by atoms with Gasteiger partial charge in [0.2, 0.25) is 0 Å². The second kappa shape index (κ2) is 6.10. The van der Waals surface area contributed by atoms with Crippen molar-refractivity contribution in [3.8, 4) is 11.3 Å². The van der Waals surface area contributed by atoms with Crippen LogP contribution in [-0.2, 0) is 9.53 Å². The molecule has 2 aromatic rings. The van der Waals surface area contributed by atoms with Gasteiger partial charge in [0.1, 0.15) is 0 Å². The predicted molar refractivity (Wildman–Crippen MR) is 85.6 cm³/mol. The fourth-order valence-corrected chi connectivity index (χ4v) is 3.19. The minimum absolute atomic E-state index is 0.0203. The smallest absolute Gasteiger partial charge is 0.331 e. The summed E-state index contributed by atoms with van der Waals surface area (Å²) in [6, 6.07) is 5.40. The highest BCUT2D eigenvalue weighted by Gasteiger charge is 2.44. The summed E-state index contributed by atoms with van der Waals surface area (Å²) in [5.74, 6) is -1.52. The first-order valence-corrected chi connectivity index (χ1v) is 8.10. The predicted octanol–water partition coefficient (Wildman–Crippen LogP) is 2.09. The van der Waals surface area contributed by atoms with E-state index in [1.54, 1.807) is 30.4 Å². The van der Waals surface area contributed by atoms with E-state index in [9.17, 15) is 14.7 Å². The molecule has 1 amide bonds. The Labute approximate surface area is 137 Å². The minimum atomic E-state index is -1.35. The number of carboxylic acids is 1. The number of hydrogen-bond acceptors (Lipinski definition) is 5. The molecule has 6 nitrogen and oxygen atoms in total. The molecule has 1 saturated heterocycles. The molecule has 1 fully saturated rings. The minimum Gasteiger partial charge on any atom is -0.479 e. The fraction of sp³-hybridized carbons (Fsp3) is 0.312. The summed E-state index contributed by atoms with van der Waals surface area (Å²) in [6.45, 7) is 2.04. The molecule has 1 aliphatic rings. The quantitative estimate of drug-likeness (QED) is 0.895. The summed E-state index contributed by atoms with van der Waals surface area (Å²) in [6.07, 6.45) is 0.257. The molecule has 3 rings (SSSR count). The van der Waals surface area contributed by atoms with Gasteiger partial charge in [0.05, 0.1) is 23.6 Å². The van der Waals surface area contributed by atoms with E-state index in [2.05, 4.69) is 10.3 Å². The number of thiophene rings is 1. The number of rotatable bonds is 4. The van der Waals surface area contributed by atoms with Crippen molar-refractivity contribution in [3.05, 3.63) is 40.2 Å². The number of carbonyl (C=O) groups excluding carboxylic acids is 1. The molecule has 23 heavy (non-hydrogen) atoms. The van der Waals surface area contributed by atoms with Crippen LogP contribution >= 0.6 is 11.3 Å². The number of pyridine rings is 1. The van der Waals surface area contributed by atoms with Crippen molar-refractivity contribution < 1.29 is 19.4 Å². The molecule has 1 atom stereocenters. The molecule has 0 saturated carbocycles. The molecule has 0 spiro atoms. The maximum absolute atomic E-state index is 12.5. The van der Waals surface area contributed by atoms with Crippen molar-refractivity contribution in [1.82, 2.24) is 10.3 Å². The Morgan fingerprint density at radius 2 is 2.22 bits per heavy atom. The summed E-state index contributed by atoms with van der Waals surface area (Å²) >= 11 is 1.58. The van der Waals surface area contributed by atoms with Crippen LogP contribution in [0.15, 0.2) is 29.0 Å². The molecule has 120 valence electrons. The highest BCUT2D eigenvalue weighted by molar-refractivity contribution is 7.08. The molecule has 0 bridgehead atoms. The van der Waals surface area contributed by atoms with Crippen molar-refractivity contribution in [2.75, 3.05) is 13.2 Å². The summed E-state index contributed by atoms with van der Waals surface area (Å²) in [5.41, 5.74) is 1.37. The van der Waals surface area contributed by atoms with Crippen LogP contribution in [0.3, 0.4) is 0 Å². The first-order valence-electron chi connectivity index (χ1n) is 7.16. The Morgan fingerprint density at radius 3 is 2.78 bits per heavy atom. The van der Waals surface area contributed by atoms with Gasteiger partial charge in [-0.15, -0.1) is 0 Å². The second-order valence-electron chi connectivity index (χ2n) is 5.49. The molecule has 2 aromatic heterocycles. The lowest BCUT2D eigenvalue weighted by atomic mass is 9.98. The number of aromatic nitrogens is 1. The lowest BCUT2D eigenvalue weighted by molar-refractivity contribution is -0.144. The van der Waals surface area contributed by atoms with Crippen LogP contribution < -0.4 is 5.32 Å². The second-order valence-corrected chi connectivity index (χ2v) is 6.27. The van der Waals surface area contributed by atoms with Crippen LogP contribution in [-0.4, -0.2) is 40.7 Å². The molecular weight excluding hydrogens is 316 g/mol. The highest BCUT2D eigenvalue weighted by atomic mass is 32.1. The van der Waals surface area contributed by atoms with Crippen LogP contribution in [0.4, 0.5) is 0 Å². The van der Waals surface area contributed by atoms with Crippen molar-refractivity contribution in [2.45, 2.75) is 18.9 Å². The lowest BCUT2D eigenvalue weighted by Crippen LogP contribution is -2.55. The van der Waals surface area contributed by atoms with Gasteiger partial charge in [-0.25, -0.2) is 4.79 Å². The zero-order valence-electron chi connectivity index (χ0n) is 12.5. The third-order valence-electron chi connectivity index (χ3n) is 3.93. The number of aryl methyl sites for hydroxylation is 1. The molecule has 1 aliphatic heterocycles. The molecular formula is C16H16N2O4S. The Hall–Kier alpha value is -2.25. The van der Waals surface area contributed by atoms with E-state index >= 15 is 0 Å². The van der Waals surface area contributed by atoms with Gasteiger partial charge in [0, 0.05) is 24.0 Å². The molecule has 3 heterocycles. The fourth-order valence-electron chi connectivity index (χ4n) is 2.54. The SMILES string of the molecule is Cc1nc(-c2ccsc2)ccc1C(=O)NC1(C(=O)O)CCOC1. The number of aliphatic carboxylic acids is 1. The number of ether oxygens (including phenoxy) is 1. The van der Waals surface area contributed by atoms with Gasteiger partial charge < -0.3 is 15.2 Å². The topological polar surface area (TPSA) is 88.5 Å². The third-order valence-corrected chi connectivity index (χ3v) is 4.61. The number of nitrogens with one attached hydrogen (secondary N) is 1. The van der Waals surface area contributed by atoms with Gasteiger partial charge in [0.25, 0.3) is 5.91 Å². The van der Waals surface area contributed by atoms with Crippen LogP contribution in [0, 0.1) is 6.92 Å². The van der Waals surface area contributed by atoms with Gasteiger partial charge in [-0.1, -0.05) is 0 Å². The van der Waals surface area contributed by atoms with Gasteiger partial charge in [-0.05, 0) is 30.5 Å². The molecule has 2 N–H and O–H groups in total. The first kappa shape index (κ1) is 15.6. The van der Waals surface area contributed by atoms with Crippen LogP contribution in [0.5, 0.6) is 0 Å². The van der Waals surface area contributed by atoms with E-state index in [1.807, 2.05) is 16.8 Å². The lowest BCUT2D eigenvalue weighted by Gasteiger charge is -2.24. The highest BCUT2D eigenvalue weighted by Crippen LogP contribution is 2.23. The summed E-state index contributed by atoms with van der Waals surface area (Å²) < 4.78 is 5.15. The standard InChI is InChI=1S/C16H16N2O4S/c1-10-12(2-3-13(17-10)11-4-7-23-8-11)14(19)18-16(15(20)21)5-6-22-9-16/h2-4,7-8H,5-6,9H2,1H3,(H,18,19)(H,20,21). The van der Waals surface area contributed by atoms with E-state index in [0.717, 1.165) is 11.3 Å². The number of carbonyl (C=O) groups is 2. The average Bonchev–Trinajstić information content (AvgIpc) is 3.19. The zero-order chi connectivity index (χ0) is 16.4. The normalized spacial score (nSPS) is 20.4. The Bertz CT molecular complexity index is 737. The van der Waals surface area contributed by atoms with Crippen LogP contribution in [0.25, 0.3) is 11.3 Å². The average molecular weight is 332 g/mol. The number of carboxylic acid groups (broad SMARTS) is 1. The largest absolute Gasteiger partial charge is 0.479 e. The molecule has 7 heteroatoms. The van der Waals surface area contributed by atoms with Crippen molar-refractivity contribution in [1.29, 1.82) is 0 Å². The molecule has 0 radical (unpaired) electrons.